The van der Waals surface area contributed by atoms with E-state index in [0.29, 0.717) is 5.56 Å². The average Bonchev–Trinajstić information content (AvgIpc) is 2.55. The van der Waals surface area contributed by atoms with E-state index >= 15 is 0 Å². The largest absolute Gasteiger partial charge is 0.467 e. The summed E-state index contributed by atoms with van der Waals surface area (Å²) in [4.78, 5) is 11.8. The van der Waals surface area contributed by atoms with E-state index in [1.54, 1.807) is 30.3 Å². The molecule has 2 aromatic rings. The first-order valence-corrected chi connectivity index (χ1v) is 6.83. The number of methoxy groups -OCH3 is 1. The highest BCUT2D eigenvalue weighted by Crippen LogP contribution is 2.33. The molecule has 0 heterocycles. The molecule has 0 radical (unpaired) electrons. The van der Waals surface area contributed by atoms with Crippen molar-refractivity contribution < 1.29 is 27.4 Å². The van der Waals surface area contributed by atoms with Crippen molar-refractivity contribution in [2.24, 2.45) is 0 Å². The summed E-state index contributed by atoms with van der Waals surface area (Å²) >= 11 is 0. The van der Waals surface area contributed by atoms with Crippen LogP contribution in [0.15, 0.2) is 54.6 Å². The van der Waals surface area contributed by atoms with Crippen LogP contribution in [0.3, 0.4) is 0 Å². The van der Waals surface area contributed by atoms with E-state index in [4.69, 9.17) is 4.74 Å². The van der Waals surface area contributed by atoms with E-state index in [1.165, 1.54) is 25.3 Å². The second-order valence-corrected chi connectivity index (χ2v) is 4.78. The summed E-state index contributed by atoms with van der Waals surface area (Å²) in [5.74, 6) is -0.666. The van der Waals surface area contributed by atoms with Gasteiger partial charge >= 0.3 is 12.1 Å². The number of carbonyl (C=O) groups excluding carboxylic acids is 1. The number of alkyl halides is 3. The Balaban J connectivity index is 2.22. The summed E-state index contributed by atoms with van der Waals surface area (Å²) < 4.78 is 49.0. The van der Waals surface area contributed by atoms with E-state index in [1.807, 2.05) is 0 Å². The van der Waals surface area contributed by atoms with Crippen molar-refractivity contribution in [1.29, 1.82) is 0 Å². The van der Waals surface area contributed by atoms with Crippen molar-refractivity contribution in [3.05, 3.63) is 71.3 Å². The molecule has 23 heavy (non-hydrogen) atoms. The van der Waals surface area contributed by atoms with Crippen molar-refractivity contribution >= 4 is 5.97 Å². The van der Waals surface area contributed by atoms with Crippen molar-refractivity contribution in [2.45, 2.75) is 18.9 Å². The molecule has 0 aliphatic heterocycles. The molecule has 0 N–H and O–H groups in total. The van der Waals surface area contributed by atoms with E-state index in [2.05, 4.69) is 4.74 Å². The quantitative estimate of drug-likeness (QED) is 0.776. The van der Waals surface area contributed by atoms with Crippen molar-refractivity contribution in [3.63, 3.8) is 0 Å². The lowest BCUT2D eigenvalue weighted by Crippen LogP contribution is -2.18. The zero-order valence-corrected chi connectivity index (χ0v) is 12.3. The van der Waals surface area contributed by atoms with Gasteiger partial charge in [0, 0.05) is 0 Å². The van der Waals surface area contributed by atoms with Crippen LogP contribution < -0.4 is 0 Å². The third-order valence-electron chi connectivity index (χ3n) is 3.25. The molecule has 0 aromatic heterocycles. The Bertz CT molecular complexity index is 654. The van der Waals surface area contributed by atoms with Crippen LogP contribution in [0.1, 0.15) is 22.8 Å². The first-order valence-electron chi connectivity index (χ1n) is 6.83. The van der Waals surface area contributed by atoms with Crippen molar-refractivity contribution in [1.82, 2.24) is 0 Å². The Hall–Kier alpha value is -2.34. The molecule has 122 valence electrons. The molecule has 0 saturated heterocycles. The Morgan fingerprint density at radius 3 is 2.26 bits per heavy atom. The van der Waals surface area contributed by atoms with E-state index in [-0.39, 0.29) is 12.2 Å². The maximum Gasteiger partial charge on any atom is 0.416 e. The molecule has 0 bridgehead atoms. The predicted molar refractivity (Wildman–Crippen MR) is 77.4 cm³/mol. The zero-order chi connectivity index (χ0) is 16.9. The van der Waals surface area contributed by atoms with Gasteiger partial charge in [0.1, 0.15) is 0 Å². The van der Waals surface area contributed by atoms with Gasteiger partial charge in [0.2, 0.25) is 0 Å². The summed E-state index contributed by atoms with van der Waals surface area (Å²) in [6, 6.07) is 13.6. The van der Waals surface area contributed by atoms with E-state index in [9.17, 15) is 18.0 Å². The van der Waals surface area contributed by atoms with Gasteiger partial charge in [-0.25, -0.2) is 4.79 Å². The van der Waals surface area contributed by atoms with Gasteiger partial charge in [-0.3, -0.25) is 0 Å². The molecule has 2 rings (SSSR count). The standard InChI is InChI=1S/C17H15F3O3/c1-22-16(21)15(12-7-3-2-4-8-12)23-11-13-9-5-6-10-14(13)17(18,19)20/h2-10,15H,11H2,1H3/t15-/m1/s1. The van der Waals surface area contributed by atoms with E-state index in [0.717, 1.165) is 6.07 Å². The predicted octanol–water partition coefficient (Wildman–Crippen LogP) is 4.14. The Kier molecular flexibility index (Phi) is 5.39. The summed E-state index contributed by atoms with van der Waals surface area (Å²) in [5, 5.41) is 0. The van der Waals surface area contributed by atoms with Gasteiger partial charge in [-0.1, -0.05) is 48.5 Å². The molecule has 0 spiro atoms. The fourth-order valence-electron chi connectivity index (χ4n) is 2.13. The van der Waals surface area contributed by atoms with Crippen LogP contribution in [0.25, 0.3) is 0 Å². The second kappa shape index (κ2) is 7.28. The maximum atomic E-state index is 13.0. The number of hydrogen-bond acceptors (Lipinski definition) is 3. The monoisotopic (exact) mass is 324 g/mol. The lowest BCUT2D eigenvalue weighted by molar-refractivity contribution is -0.156. The fourth-order valence-corrected chi connectivity index (χ4v) is 2.13. The molecule has 6 heteroatoms. The molecular formula is C17H15F3O3. The molecule has 2 aromatic carbocycles. The topological polar surface area (TPSA) is 35.5 Å². The van der Waals surface area contributed by atoms with Gasteiger partial charge in [-0.05, 0) is 17.2 Å². The van der Waals surface area contributed by atoms with Crippen LogP contribution in [0, 0.1) is 0 Å². The number of carbonyl (C=O) groups is 1. The summed E-state index contributed by atoms with van der Waals surface area (Å²) in [5.41, 5.74) is -0.301. The molecule has 0 fully saturated rings. The molecule has 0 saturated carbocycles. The number of benzene rings is 2. The lowest BCUT2D eigenvalue weighted by Gasteiger charge is -2.18. The number of esters is 1. The zero-order valence-electron chi connectivity index (χ0n) is 12.3. The first kappa shape index (κ1) is 17.0. The van der Waals surface area contributed by atoms with Crippen LogP contribution in [0.5, 0.6) is 0 Å². The fraction of sp³-hybridized carbons (Fsp3) is 0.235. The van der Waals surface area contributed by atoms with Crippen molar-refractivity contribution in [3.8, 4) is 0 Å². The Morgan fingerprint density at radius 1 is 1.04 bits per heavy atom. The third kappa shape index (κ3) is 4.32. The Morgan fingerprint density at radius 2 is 1.65 bits per heavy atom. The van der Waals surface area contributed by atoms with Gasteiger partial charge < -0.3 is 9.47 Å². The summed E-state index contributed by atoms with van der Waals surface area (Å²) in [6.07, 6.45) is -5.56. The van der Waals surface area contributed by atoms with Crippen LogP contribution in [0.4, 0.5) is 13.2 Å². The van der Waals surface area contributed by atoms with Gasteiger partial charge in [0.25, 0.3) is 0 Å². The Labute approximate surface area is 131 Å². The SMILES string of the molecule is COC(=O)[C@H](OCc1ccccc1C(F)(F)F)c1ccccc1. The summed E-state index contributed by atoms with van der Waals surface area (Å²) in [7, 11) is 1.20. The minimum absolute atomic E-state index is 0.0372. The van der Waals surface area contributed by atoms with Crippen LogP contribution in [0.2, 0.25) is 0 Å². The highest BCUT2D eigenvalue weighted by molar-refractivity contribution is 5.76. The molecule has 0 unspecified atom stereocenters. The summed E-state index contributed by atoms with van der Waals surface area (Å²) in [6.45, 7) is -0.357. The molecule has 0 aliphatic carbocycles. The minimum atomic E-state index is -4.48. The van der Waals surface area contributed by atoms with Crippen molar-refractivity contribution in [2.75, 3.05) is 7.11 Å². The molecule has 0 aliphatic rings. The normalized spacial score (nSPS) is 12.7. The highest BCUT2D eigenvalue weighted by atomic mass is 19.4. The van der Waals surface area contributed by atoms with Gasteiger partial charge in [0.05, 0.1) is 19.3 Å². The number of halogens is 3. The van der Waals surface area contributed by atoms with Gasteiger partial charge in [-0.15, -0.1) is 0 Å². The van der Waals surface area contributed by atoms with Gasteiger partial charge in [-0.2, -0.15) is 13.2 Å². The maximum absolute atomic E-state index is 13.0. The number of hydrogen-bond donors (Lipinski definition) is 0. The third-order valence-corrected chi connectivity index (χ3v) is 3.25. The van der Waals surface area contributed by atoms with E-state index < -0.39 is 23.8 Å². The lowest BCUT2D eigenvalue weighted by atomic mass is 10.1. The molecule has 1 atom stereocenters. The molecule has 0 amide bonds. The van der Waals surface area contributed by atoms with Crippen LogP contribution in [-0.2, 0) is 27.1 Å². The number of ether oxygens (including phenoxy) is 2. The highest BCUT2D eigenvalue weighted by Gasteiger charge is 2.33. The molecular weight excluding hydrogens is 309 g/mol. The smallest absolute Gasteiger partial charge is 0.416 e. The van der Waals surface area contributed by atoms with Crippen LogP contribution in [-0.4, -0.2) is 13.1 Å². The average molecular weight is 324 g/mol. The molecule has 3 nitrogen and oxygen atoms in total. The minimum Gasteiger partial charge on any atom is -0.467 e. The second-order valence-electron chi connectivity index (χ2n) is 4.78. The van der Waals surface area contributed by atoms with Crippen LogP contribution >= 0.6 is 0 Å². The first-order chi connectivity index (χ1) is 10.9. The number of rotatable bonds is 5. The van der Waals surface area contributed by atoms with Gasteiger partial charge in [0.15, 0.2) is 6.10 Å².